The van der Waals surface area contributed by atoms with Crippen molar-refractivity contribution in [1.29, 1.82) is 0 Å². The maximum atomic E-state index is 13.6. The lowest BCUT2D eigenvalue weighted by atomic mass is 9.82. The van der Waals surface area contributed by atoms with E-state index in [2.05, 4.69) is 10.6 Å². The fraction of sp³-hybridized carbons (Fsp3) is 0. The van der Waals surface area contributed by atoms with E-state index in [1.54, 1.807) is 0 Å². The molecule has 196 valence electrons. The largest absolute Gasteiger partial charge is 0.478 e. The van der Waals surface area contributed by atoms with Gasteiger partial charge in [-0.1, -0.05) is 24.3 Å². The van der Waals surface area contributed by atoms with E-state index >= 15 is 0 Å². The summed E-state index contributed by atoms with van der Waals surface area (Å²) in [5, 5.41) is 23.4. The summed E-state index contributed by atoms with van der Waals surface area (Å²) in [5.74, 6) is -4.57. The molecular weight excluding hydrogens is 516 g/mol. The molecule has 0 fully saturated rings. The van der Waals surface area contributed by atoms with Crippen LogP contribution in [0.3, 0.4) is 0 Å². The normalized spacial score (nSPS) is 11.7. The first-order chi connectivity index (χ1) is 19.2. The van der Waals surface area contributed by atoms with Gasteiger partial charge in [-0.05, 0) is 60.7 Å². The molecule has 0 bridgehead atoms. The number of rotatable bonds is 6. The van der Waals surface area contributed by atoms with Crippen LogP contribution in [0.2, 0.25) is 0 Å². The molecule has 1 aliphatic rings. The zero-order valence-electron chi connectivity index (χ0n) is 20.4. The van der Waals surface area contributed by atoms with Crippen LogP contribution in [0.5, 0.6) is 0 Å². The third kappa shape index (κ3) is 4.61. The summed E-state index contributed by atoms with van der Waals surface area (Å²) < 4.78 is 0. The number of aromatic carboxylic acids is 2. The molecule has 0 aliphatic heterocycles. The van der Waals surface area contributed by atoms with E-state index in [0.29, 0.717) is 0 Å². The first-order valence-corrected chi connectivity index (χ1v) is 11.8. The molecule has 10 heteroatoms. The highest BCUT2D eigenvalue weighted by molar-refractivity contribution is 6.33. The second kappa shape index (κ2) is 10.1. The smallest absolute Gasteiger partial charge is 0.335 e. The average molecular weight is 534 g/mol. The van der Waals surface area contributed by atoms with E-state index in [4.69, 9.17) is 10.2 Å². The van der Waals surface area contributed by atoms with Gasteiger partial charge in [0, 0.05) is 22.3 Å². The first-order valence-electron chi connectivity index (χ1n) is 11.8. The monoisotopic (exact) mass is 534 g/mol. The first kappa shape index (κ1) is 25.7. The number of anilines is 2. The molecule has 0 saturated heterocycles. The van der Waals surface area contributed by atoms with Gasteiger partial charge in [0.05, 0.1) is 33.6 Å². The molecule has 4 aromatic rings. The van der Waals surface area contributed by atoms with Crippen LogP contribution in [0.4, 0.5) is 11.4 Å². The summed E-state index contributed by atoms with van der Waals surface area (Å²) in [4.78, 5) is 75.0. The van der Waals surface area contributed by atoms with Crippen molar-refractivity contribution < 1.29 is 39.0 Å². The fourth-order valence-electron chi connectivity index (χ4n) is 4.37. The Morgan fingerprint density at radius 2 is 0.800 bits per heavy atom. The van der Waals surface area contributed by atoms with E-state index in [1.165, 1.54) is 84.9 Å². The van der Waals surface area contributed by atoms with E-state index in [9.17, 15) is 28.8 Å². The fourth-order valence-corrected chi connectivity index (χ4v) is 4.37. The second-order valence-electron chi connectivity index (χ2n) is 8.79. The highest BCUT2D eigenvalue weighted by Gasteiger charge is 2.34. The van der Waals surface area contributed by atoms with Gasteiger partial charge in [0.25, 0.3) is 11.8 Å². The van der Waals surface area contributed by atoms with Crippen LogP contribution in [0.25, 0.3) is 0 Å². The second-order valence-corrected chi connectivity index (χ2v) is 8.79. The Labute approximate surface area is 225 Å². The molecule has 0 saturated carbocycles. The van der Waals surface area contributed by atoms with Gasteiger partial charge in [-0.15, -0.1) is 0 Å². The number of hydrogen-bond acceptors (Lipinski definition) is 6. The van der Waals surface area contributed by atoms with Crippen molar-refractivity contribution in [1.82, 2.24) is 0 Å². The summed E-state index contributed by atoms with van der Waals surface area (Å²) in [7, 11) is 0. The Morgan fingerprint density at radius 3 is 1.12 bits per heavy atom. The molecule has 0 radical (unpaired) electrons. The SMILES string of the molecule is O=C(O)c1ccc(C(=O)Nc2cccc3c2C(=O)c2cccc(NC(=O)c4ccc(C(=O)O)cc4)c2C3=O)cc1. The molecule has 0 atom stereocenters. The molecular formula is C30H18N2O8. The van der Waals surface area contributed by atoms with Crippen molar-refractivity contribution in [3.8, 4) is 0 Å². The van der Waals surface area contributed by atoms with Crippen LogP contribution >= 0.6 is 0 Å². The standard InChI is InChI=1S/C30H18N2O8/c33-25-19-3-1-5-21(31-27(35)15-7-11-17(12-8-15)29(37)38)23(19)26(34)20-4-2-6-22(24(20)25)32-28(36)16-9-13-18(14-10-16)30(39)40/h1-14H,(H,31,35)(H,32,36)(H,37,38)(H,39,40). The Morgan fingerprint density at radius 1 is 0.475 bits per heavy atom. The highest BCUT2D eigenvalue weighted by Crippen LogP contribution is 2.35. The summed E-state index contributed by atoms with van der Waals surface area (Å²) in [6, 6.07) is 19.3. The molecule has 0 unspecified atom stereocenters. The predicted octanol–water partition coefficient (Wildman–Crippen LogP) is 4.36. The lowest BCUT2D eigenvalue weighted by molar-refractivity contribution is 0.0686. The maximum Gasteiger partial charge on any atom is 0.335 e. The lowest BCUT2D eigenvalue weighted by Crippen LogP contribution is -2.26. The van der Waals surface area contributed by atoms with Crippen molar-refractivity contribution in [2.75, 3.05) is 10.6 Å². The number of fused-ring (bicyclic) bond motifs is 2. The summed E-state index contributed by atoms with van der Waals surface area (Å²) in [6.45, 7) is 0. The van der Waals surface area contributed by atoms with Gasteiger partial charge in [-0.3, -0.25) is 19.2 Å². The van der Waals surface area contributed by atoms with Crippen LogP contribution < -0.4 is 10.6 Å². The quantitative estimate of drug-likeness (QED) is 0.249. The summed E-state index contributed by atoms with van der Waals surface area (Å²) >= 11 is 0. The van der Waals surface area contributed by atoms with Crippen LogP contribution in [0, 0.1) is 0 Å². The molecule has 5 rings (SSSR count). The van der Waals surface area contributed by atoms with Crippen LogP contribution in [0.15, 0.2) is 84.9 Å². The molecule has 0 heterocycles. The minimum Gasteiger partial charge on any atom is -0.478 e. The molecule has 2 amide bonds. The number of benzene rings is 4. The molecule has 1 aliphatic carbocycles. The number of ketones is 2. The number of carbonyl (C=O) groups is 6. The third-order valence-electron chi connectivity index (χ3n) is 6.36. The van der Waals surface area contributed by atoms with Crippen LogP contribution in [0.1, 0.15) is 73.3 Å². The van der Waals surface area contributed by atoms with Gasteiger partial charge in [-0.25, -0.2) is 9.59 Å². The molecule has 10 nitrogen and oxygen atoms in total. The minimum atomic E-state index is -1.14. The molecule has 4 N–H and O–H groups in total. The van der Waals surface area contributed by atoms with Gasteiger partial charge >= 0.3 is 11.9 Å². The van der Waals surface area contributed by atoms with Crippen molar-refractivity contribution >= 4 is 46.7 Å². The summed E-state index contributed by atoms with van der Waals surface area (Å²) in [5.41, 5.74) is 0.554. The van der Waals surface area contributed by atoms with Gasteiger partial charge in [0.2, 0.25) is 0 Å². The minimum absolute atomic E-state index is 0.00573. The number of carboxylic acid groups (broad SMARTS) is 2. The van der Waals surface area contributed by atoms with Gasteiger partial charge < -0.3 is 20.8 Å². The number of carboxylic acids is 2. The van der Waals surface area contributed by atoms with Crippen molar-refractivity contribution in [2.24, 2.45) is 0 Å². The van der Waals surface area contributed by atoms with Gasteiger partial charge in [0.1, 0.15) is 0 Å². The Hall–Kier alpha value is -5.90. The van der Waals surface area contributed by atoms with Gasteiger partial charge in [0.15, 0.2) is 11.6 Å². The average Bonchev–Trinajstić information content (AvgIpc) is 2.95. The summed E-state index contributed by atoms with van der Waals surface area (Å²) in [6.07, 6.45) is 0. The number of carbonyl (C=O) groups excluding carboxylic acids is 4. The lowest BCUT2D eigenvalue weighted by Gasteiger charge is -2.22. The van der Waals surface area contributed by atoms with Crippen LogP contribution in [-0.2, 0) is 0 Å². The topological polar surface area (TPSA) is 167 Å². The maximum absolute atomic E-state index is 13.6. The Bertz CT molecular complexity index is 1620. The van der Waals surface area contributed by atoms with Crippen molar-refractivity contribution in [2.45, 2.75) is 0 Å². The highest BCUT2D eigenvalue weighted by atomic mass is 16.4. The van der Waals surface area contributed by atoms with E-state index < -0.39 is 35.3 Å². The molecule has 0 spiro atoms. The zero-order chi connectivity index (χ0) is 28.6. The van der Waals surface area contributed by atoms with E-state index in [-0.39, 0.29) is 55.9 Å². The molecule has 40 heavy (non-hydrogen) atoms. The van der Waals surface area contributed by atoms with E-state index in [1.807, 2.05) is 0 Å². The van der Waals surface area contributed by atoms with Crippen LogP contribution in [-0.4, -0.2) is 45.5 Å². The number of amides is 2. The molecule has 4 aromatic carbocycles. The Kier molecular flexibility index (Phi) is 6.50. The van der Waals surface area contributed by atoms with E-state index in [0.717, 1.165) is 0 Å². The molecule has 0 aromatic heterocycles. The number of nitrogens with one attached hydrogen (secondary N) is 2. The Balaban J connectivity index is 1.45. The van der Waals surface area contributed by atoms with Crippen molar-refractivity contribution in [3.05, 3.63) is 129 Å². The number of hydrogen-bond donors (Lipinski definition) is 4. The predicted molar refractivity (Wildman–Crippen MR) is 142 cm³/mol. The van der Waals surface area contributed by atoms with Gasteiger partial charge in [-0.2, -0.15) is 0 Å². The van der Waals surface area contributed by atoms with Crippen molar-refractivity contribution in [3.63, 3.8) is 0 Å². The third-order valence-corrected chi connectivity index (χ3v) is 6.36. The zero-order valence-corrected chi connectivity index (χ0v) is 20.4.